The van der Waals surface area contributed by atoms with Gasteiger partial charge in [0.25, 0.3) is 0 Å². The van der Waals surface area contributed by atoms with Crippen molar-refractivity contribution in [2.45, 2.75) is 0 Å². The summed E-state index contributed by atoms with van der Waals surface area (Å²) in [5.41, 5.74) is 6.77. The van der Waals surface area contributed by atoms with E-state index in [-0.39, 0.29) is 0 Å². The molecule has 5 heterocycles. The van der Waals surface area contributed by atoms with Crippen LogP contribution in [0.3, 0.4) is 0 Å². The number of benzene rings is 3. The first-order valence-corrected chi connectivity index (χ1v) is 12.9. The largest absolute Gasteiger partial charge is 0.464 e. The second-order valence-corrected chi connectivity index (χ2v) is 9.48. The second kappa shape index (κ2) is 8.96. The van der Waals surface area contributed by atoms with Gasteiger partial charge in [-0.25, -0.2) is 4.98 Å². The highest BCUT2D eigenvalue weighted by atomic mass is 16.3. The summed E-state index contributed by atoms with van der Waals surface area (Å²) in [6.45, 7) is 0. The maximum Gasteiger partial charge on any atom is 0.238 e. The molecule has 0 saturated carbocycles. The van der Waals surface area contributed by atoms with Crippen LogP contribution in [0.1, 0.15) is 0 Å². The van der Waals surface area contributed by atoms with Gasteiger partial charge in [-0.05, 0) is 59.7 Å². The monoisotopic (exact) mass is 516 g/mol. The van der Waals surface area contributed by atoms with Crippen molar-refractivity contribution in [3.63, 3.8) is 0 Å². The highest BCUT2D eigenvalue weighted by Crippen LogP contribution is 2.37. The van der Waals surface area contributed by atoms with E-state index in [2.05, 4.69) is 50.9 Å². The van der Waals surface area contributed by atoms with Crippen molar-refractivity contribution in [1.29, 1.82) is 0 Å². The molecular formula is C33H20N6O. The zero-order chi connectivity index (χ0) is 26.5. The minimum absolute atomic E-state index is 0.534. The molecule has 188 valence electrons. The van der Waals surface area contributed by atoms with E-state index in [9.17, 15) is 0 Å². The topological polar surface area (TPSA) is 82.5 Å². The van der Waals surface area contributed by atoms with E-state index >= 15 is 0 Å². The van der Waals surface area contributed by atoms with E-state index in [1.54, 1.807) is 31.1 Å². The molecule has 0 unspecified atom stereocenters. The summed E-state index contributed by atoms with van der Waals surface area (Å²) in [6, 6.07) is 30.5. The number of hydrogen-bond acceptors (Lipinski definition) is 6. The number of para-hydroxylation sites is 1. The normalized spacial score (nSPS) is 11.5. The lowest BCUT2D eigenvalue weighted by Gasteiger charge is -2.11. The lowest BCUT2D eigenvalue weighted by Crippen LogP contribution is -2.06. The molecule has 40 heavy (non-hydrogen) atoms. The average molecular weight is 517 g/mol. The van der Waals surface area contributed by atoms with E-state index < -0.39 is 0 Å². The van der Waals surface area contributed by atoms with Gasteiger partial charge in [0.2, 0.25) is 5.95 Å². The minimum Gasteiger partial charge on any atom is -0.464 e. The first-order chi connectivity index (χ1) is 19.8. The van der Waals surface area contributed by atoms with Gasteiger partial charge in [-0.1, -0.05) is 42.5 Å². The Balaban J connectivity index is 1.38. The third-order valence-corrected chi connectivity index (χ3v) is 7.17. The number of pyridine rings is 2. The summed E-state index contributed by atoms with van der Waals surface area (Å²) in [7, 11) is 0. The molecule has 7 nitrogen and oxygen atoms in total. The summed E-state index contributed by atoms with van der Waals surface area (Å²) >= 11 is 0. The fourth-order valence-corrected chi connectivity index (χ4v) is 5.27. The van der Waals surface area contributed by atoms with Gasteiger partial charge >= 0.3 is 0 Å². The number of rotatable bonds is 4. The quantitative estimate of drug-likeness (QED) is 0.241. The zero-order valence-corrected chi connectivity index (χ0v) is 21.1. The molecule has 0 N–H and O–H groups in total. The van der Waals surface area contributed by atoms with Gasteiger partial charge in [0.1, 0.15) is 5.58 Å². The fourth-order valence-electron chi connectivity index (χ4n) is 5.27. The number of hydrogen-bond donors (Lipinski definition) is 0. The van der Waals surface area contributed by atoms with Crippen molar-refractivity contribution in [3.05, 3.63) is 122 Å². The van der Waals surface area contributed by atoms with E-state index in [1.807, 2.05) is 54.6 Å². The lowest BCUT2D eigenvalue weighted by atomic mass is 10.0. The molecule has 0 fully saturated rings. The average Bonchev–Trinajstić information content (AvgIpc) is 3.64. The number of aromatic nitrogens is 6. The van der Waals surface area contributed by atoms with Crippen LogP contribution in [-0.2, 0) is 0 Å². The maximum atomic E-state index is 5.94. The number of nitrogens with zero attached hydrogens (tertiary/aromatic N) is 6. The van der Waals surface area contributed by atoms with Gasteiger partial charge in [-0.2, -0.15) is 9.97 Å². The number of fused-ring (bicyclic) bond motifs is 5. The highest BCUT2D eigenvalue weighted by Gasteiger charge is 2.20. The van der Waals surface area contributed by atoms with Crippen LogP contribution in [0.25, 0.3) is 72.6 Å². The Bertz CT molecular complexity index is 2150. The van der Waals surface area contributed by atoms with Crippen LogP contribution in [0.2, 0.25) is 0 Å². The van der Waals surface area contributed by atoms with Crippen LogP contribution in [0, 0.1) is 0 Å². The molecule has 3 aromatic carbocycles. The SMILES string of the molecule is c1ccc2c(c1)c1c3occc3ccc1n2-c1nc(-c2ccncc2)nc(-c2ccc(-c3ccncc3)cc2)n1. The third kappa shape index (κ3) is 3.56. The molecule has 8 aromatic rings. The molecule has 0 bridgehead atoms. The van der Waals surface area contributed by atoms with Gasteiger partial charge in [-0.3, -0.25) is 14.5 Å². The lowest BCUT2D eigenvalue weighted by molar-refractivity contribution is 0.619. The van der Waals surface area contributed by atoms with Crippen LogP contribution in [-0.4, -0.2) is 29.5 Å². The smallest absolute Gasteiger partial charge is 0.238 e. The Morgan fingerprint density at radius 1 is 0.525 bits per heavy atom. The molecule has 0 radical (unpaired) electrons. The van der Waals surface area contributed by atoms with Crippen LogP contribution in [0.15, 0.2) is 126 Å². The summed E-state index contributed by atoms with van der Waals surface area (Å²) < 4.78 is 8.04. The molecule has 0 aliphatic heterocycles. The molecule has 0 aliphatic rings. The summed E-state index contributed by atoms with van der Waals surface area (Å²) in [6.07, 6.45) is 8.82. The Kier molecular flexibility index (Phi) is 4.99. The van der Waals surface area contributed by atoms with Crippen LogP contribution in [0.5, 0.6) is 0 Å². The van der Waals surface area contributed by atoms with Gasteiger partial charge in [0.05, 0.1) is 22.7 Å². The Morgan fingerprint density at radius 3 is 1.90 bits per heavy atom. The first kappa shape index (κ1) is 22.3. The van der Waals surface area contributed by atoms with E-state index in [1.165, 1.54) is 0 Å². The molecular weight excluding hydrogens is 496 g/mol. The third-order valence-electron chi connectivity index (χ3n) is 7.17. The molecule has 7 heteroatoms. The van der Waals surface area contributed by atoms with E-state index in [0.29, 0.717) is 17.6 Å². The molecule has 5 aromatic heterocycles. The Labute approximate surface area is 228 Å². The molecule has 8 rings (SSSR count). The predicted octanol–water partition coefficient (Wildman–Crippen LogP) is 7.51. The second-order valence-electron chi connectivity index (χ2n) is 9.48. The summed E-state index contributed by atoms with van der Waals surface area (Å²) in [5.74, 6) is 1.70. The highest BCUT2D eigenvalue weighted by molar-refractivity contribution is 6.19. The van der Waals surface area contributed by atoms with Crippen molar-refractivity contribution in [3.8, 4) is 39.9 Å². The Hall–Kier alpha value is -5.69. The fraction of sp³-hybridized carbons (Fsp3) is 0. The molecule has 0 amide bonds. The van der Waals surface area contributed by atoms with E-state index in [0.717, 1.165) is 55.0 Å². The van der Waals surface area contributed by atoms with Gasteiger partial charge in [0.15, 0.2) is 11.6 Å². The molecule has 0 atom stereocenters. The van der Waals surface area contributed by atoms with Crippen LogP contribution in [0.4, 0.5) is 0 Å². The van der Waals surface area contributed by atoms with Crippen molar-refractivity contribution in [2.24, 2.45) is 0 Å². The Morgan fingerprint density at radius 2 is 1.15 bits per heavy atom. The first-order valence-electron chi connectivity index (χ1n) is 12.9. The predicted molar refractivity (Wildman–Crippen MR) is 156 cm³/mol. The van der Waals surface area contributed by atoms with Gasteiger partial charge in [0, 0.05) is 46.7 Å². The van der Waals surface area contributed by atoms with Crippen LogP contribution >= 0.6 is 0 Å². The van der Waals surface area contributed by atoms with Crippen molar-refractivity contribution < 1.29 is 4.42 Å². The maximum absolute atomic E-state index is 5.94. The van der Waals surface area contributed by atoms with Crippen molar-refractivity contribution >= 4 is 32.8 Å². The standard InChI is InChI=1S/C33H20N6O/c1-2-4-27-26(3-1)29-28(10-9-23-15-20-40-30(23)29)39(27)33-37-31(36-32(38-33)25-13-18-35-19-14-25)24-7-5-21(6-8-24)22-11-16-34-17-12-22/h1-20H. The van der Waals surface area contributed by atoms with Gasteiger partial charge < -0.3 is 4.42 Å². The minimum atomic E-state index is 0.534. The zero-order valence-electron chi connectivity index (χ0n) is 21.1. The summed E-state index contributed by atoms with van der Waals surface area (Å²) in [5, 5.41) is 3.16. The van der Waals surface area contributed by atoms with Gasteiger partial charge in [-0.15, -0.1) is 0 Å². The van der Waals surface area contributed by atoms with Crippen LogP contribution < -0.4 is 0 Å². The number of furan rings is 1. The van der Waals surface area contributed by atoms with Crippen molar-refractivity contribution in [1.82, 2.24) is 29.5 Å². The molecule has 0 aliphatic carbocycles. The summed E-state index contributed by atoms with van der Waals surface area (Å²) in [4.78, 5) is 23.2. The molecule has 0 saturated heterocycles. The molecule has 0 spiro atoms. The van der Waals surface area contributed by atoms with E-state index in [4.69, 9.17) is 19.4 Å². The van der Waals surface area contributed by atoms with Crippen molar-refractivity contribution in [2.75, 3.05) is 0 Å².